The van der Waals surface area contributed by atoms with Crippen molar-refractivity contribution in [2.75, 3.05) is 32.9 Å². The van der Waals surface area contributed by atoms with Crippen molar-refractivity contribution in [3.05, 3.63) is 29.3 Å². The van der Waals surface area contributed by atoms with E-state index in [0.717, 1.165) is 69.0 Å². The van der Waals surface area contributed by atoms with Crippen molar-refractivity contribution in [2.24, 2.45) is 5.41 Å². The number of benzene rings is 1. The van der Waals surface area contributed by atoms with Gasteiger partial charge in [-0.15, -0.1) is 0 Å². The van der Waals surface area contributed by atoms with Crippen LogP contribution in [0, 0.1) is 5.41 Å². The summed E-state index contributed by atoms with van der Waals surface area (Å²) < 4.78 is 11.1. The number of likely N-dealkylation sites (tertiary alicyclic amines) is 1. The molecule has 1 amide bonds. The highest BCUT2D eigenvalue weighted by Crippen LogP contribution is 2.38. The molecule has 0 radical (unpaired) electrons. The Labute approximate surface area is 125 Å². The van der Waals surface area contributed by atoms with Crippen molar-refractivity contribution in [2.45, 2.75) is 25.7 Å². The highest BCUT2D eigenvalue weighted by Gasteiger charge is 2.40. The normalized spacial score (nSPS) is 27.7. The molecule has 2 fully saturated rings. The molecule has 1 spiro atoms. The lowest BCUT2D eigenvalue weighted by Gasteiger charge is -2.39. The molecule has 4 heteroatoms. The van der Waals surface area contributed by atoms with Crippen LogP contribution in [0.2, 0.25) is 0 Å². The van der Waals surface area contributed by atoms with E-state index in [1.807, 2.05) is 23.1 Å². The van der Waals surface area contributed by atoms with Gasteiger partial charge in [0, 0.05) is 37.1 Å². The van der Waals surface area contributed by atoms with E-state index in [1.54, 1.807) is 0 Å². The first-order valence-corrected chi connectivity index (χ1v) is 7.89. The van der Waals surface area contributed by atoms with Crippen LogP contribution in [-0.4, -0.2) is 43.7 Å². The van der Waals surface area contributed by atoms with Crippen molar-refractivity contribution in [1.29, 1.82) is 0 Å². The van der Waals surface area contributed by atoms with E-state index >= 15 is 0 Å². The number of piperidine rings is 1. The van der Waals surface area contributed by atoms with Gasteiger partial charge in [0.15, 0.2) is 0 Å². The first kappa shape index (κ1) is 13.1. The molecule has 21 heavy (non-hydrogen) atoms. The zero-order valence-corrected chi connectivity index (χ0v) is 12.3. The quantitative estimate of drug-likeness (QED) is 0.795. The van der Waals surface area contributed by atoms with Crippen LogP contribution in [0.4, 0.5) is 0 Å². The van der Waals surface area contributed by atoms with E-state index in [0.29, 0.717) is 0 Å². The molecule has 1 atom stereocenters. The molecule has 0 aliphatic carbocycles. The molecule has 1 aromatic carbocycles. The zero-order chi connectivity index (χ0) is 14.3. The Kier molecular flexibility index (Phi) is 3.14. The van der Waals surface area contributed by atoms with Gasteiger partial charge in [0.05, 0.1) is 13.2 Å². The van der Waals surface area contributed by atoms with E-state index in [2.05, 4.69) is 0 Å². The second-order valence-corrected chi connectivity index (χ2v) is 6.55. The maximum absolute atomic E-state index is 12.8. The van der Waals surface area contributed by atoms with E-state index in [1.165, 1.54) is 6.42 Å². The predicted octanol–water partition coefficient (Wildman–Crippen LogP) is 2.26. The van der Waals surface area contributed by atoms with E-state index in [4.69, 9.17) is 9.47 Å². The molecule has 112 valence electrons. The van der Waals surface area contributed by atoms with Crippen molar-refractivity contribution in [3.8, 4) is 5.75 Å². The van der Waals surface area contributed by atoms with E-state index in [-0.39, 0.29) is 11.3 Å². The summed E-state index contributed by atoms with van der Waals surface area (Å²) in [6.07, 6.45) is 4.28. The summed E-state index contributed by atoms with van der Waals surface area (Å²) in [6.45, 7) is 4.11. The molecule has 0 N–H and O–H groups in total. The Morgan fingerprint density at radius 3 is 3.05 bits per heavy atom. The lowest BCUT2D eigenvalue weighted by atomic mass is 9.79. The van der Waals surface area contributed by atoms with Gasteiger partial charge in [-0.1, -0.05) is 0 Å². The fraction of sp³-hybridized carbons (Fsp3) is 0.588. The smallest absolute Gasteiger partial charge is 0.253 e. The molecule has 4 nitrogen and oxygen atoms in total. The second-order valence-electron chi connectivity index (χ2n) is 6.55. The Bertz CT molecular complexity index is 563. The SMILES string of the molecule is O=C(c1ccc2c(c1)CCO2)N1CCCC2(CCOC2)C1. The molecule has 3 aliphatic heterocycles. The number of carbonyl (C=O) groups excluding carboxylic acids is 1. The summed E-state index contributed by atoms with van der Waals surface area (Å²) in [5, 5.41) is 0. The Hall–Kier alpha value is -1.55. The summed E-state index contributed by atoms with van der Waals surface area (Å²) in [7, 11) is 0. The van der Waals surface area contributed by atoms with Crippen LogP contribution in [0.1, 0.15) is 35.2 Å². The standard InChI is InChI=1S/C17H21NO3/c19-16(14-2-3-15-13(10-14)4-8-21-15)18-7-1-5-17(11-18)6-9-20-12-17/h2-3,10H,1,4-9,11-12H2. The molecule has 3 heterocycles. The van der Waals surface area contributed by atoms with Crippen LogP contribution >= 0.6 is 0 Å². The largest absolute Gasteiger partial charge is 0.493 e. The molecular formula is C17H21NO3. The molecule has 1 unspecified atom stereocenters. The first-order chi connectivity index (χ1) is 10.3. The average Bonchev–Trinajstić information content (AvgIpc) is 3.15. The highest BCUT2D eigenvalue weighted by atomic mass is 16.5. The molecule has 2 saturated heterocycles. The third-order valence-corrected chi connectivity index (χ3v) is 5.07. The Morgan fingerprint density at radius 1 is 1.24 bits per heavy atom. The minimum absolute atomic E-state index is 0.163. The molecule has 0 aromatic heterocycles. The zero-order valence-electron chi connectivity index (χ0n) is 12.3. The van der Waals surface area contributed by atoms with Crippen molar-refractivity contribution in [1.82, 2.24) is 4.90 Å². The number of carbonyl (C=O) groups is 1. The molecule has 3 aliphatic rings. The molecule has 4 rings (SSSR count). The number of fused-ring (bicyclic) bond motifs is 1. The summed E-state index contributed by atoms with van der Waals surface area (Å²) >= 11 is 0. The van der Waals surface area contributed by atoms with Gasteiger partial charge in [0.2, 0.25) is 0 Å². The summed E-state index contributed by atoms with van der Waals surface area (Å²) in [5.41, 5.74) is 2.18. The van der Waals surface area contributed by atoms with E-state index in [9.17, 15) is 4.79 Å². The van der Waals surface area contributed by atoms with Gasteiger partial charge in [-0.05, 0) is 43.0 Å². The number of amides is 1. The maximum Gasteiger partial charge on any atom is 0.253 e. The maximum atomic E-state index is 12.8. The predicted molar refractivity (Wildman–Crippen MR) is 78.6 cm³/mol. The third-order valence-electron chi connectivity index (χ3n) is 5.07. The minimum Gasteiger partial charge on any atom is -0.493 e. The fourth-order valence-electron chi connectivity index (χ4n) is 3.85. The fourth-order valence-corrected chi connectivity index (χ4v) is 3.85. The van der Waals surface area contributed by atoms with Crippen LogP contribution in [0.3, 0.4) is 0 Å². The minimum atomic E-state index is 0.163. The van der Waals surface area contributed by atoms with Gasteiger partial charge in [0.25, 0.3) is 5.91 Å². The monoisotopic (exact) mass is 287 g/mol. The van der Waals surface area contributed by atoms with Crippen molar-refractivity contribution >= 4 is 5.91 Å². The number of hydrogen-bond donors (Lipinski definition) is 0. The van der Waals surface area contributed by atoms with Crippen LogP contribution in [0.15, 0.2) is 18.2 Å². The molecule has 0 bridgehead atoms. The van der Waals surface area contributed by atoms with Crippen LogP contribution in [-0.2, 0) is 11.2 Å². The first-order valence-electron chi connectivity index (χ1n) is 7.89. The molecule has 1 aromatic rings. The van der Waals surface area contributed by atoms with Gasteiger partial charge < -0.3 is 14.4 Å². The molecule has 0 saturated carbocycles. The topological polar surface area (TPSA) is 38.8 Å². The van der Waals surface area contributed by atoms with Gasteiger partial charge in [-0.25, -0.2) is 0 Å². The van der Waals surface area contributed by atoms with Gasteiger partial charge in [0.1, 0.15) is 5.75 Å². The number of ether oxygens (including phenoxy) is 2. The number of rotatable bonds is 1. The van der Waals surface area contributed by atoms with Crippen LogP contribution < -0.4 is 4.74 Å². The van der Waals surface area contributed by atoms with Gasteiger partial charge in [-0.3, -0.25) is 4.79 Å². The van der Waals surface area contributed by atoms with Gasteiger partial charge in [-0.2, -0.15) is 0 Å². The summed E-state index contributed by atoms with van der Waals surface area (Å²) in [5.74, 6) is 1.10. The number of hydrogen-bond acceptors (Lipinski definition) is 3. The Balaban J connectivity index is 1.54. The van der Waals surface area contributed by atoms with Crippen molar-refractivity contribution < 1.29 is 14.3 Å². The molecular weight excluding hydrogens is 266 g/mol. The van der Waals surface area contributed by atoms with Crippen LogP contribution in [0.25, 0.3) is 0 Å². The van der Waals surface area contributed by atoms with E-state index < -0.39 is 0 Å². The summed E-state index contributed by atoms with van der Waals surface area (Å²) in [6, 6.07) is 5.85. The highest BCUT2D eigenvalue weighted by molar-refractivity contribution is 5.94. The van der Waals surface area contributed by atoms with Gasteiger partial charge >= 0.3 is 0 Å². The average molecular weight is 287 g/mol. The Morgan fingerprint density at radius 2 is 2.19 bits per heavy atom. The van der Waals surface area contributed by atoms with Crippen LogP contribution in [0.5, 0.6) is 5.75 Å². The third kappa shape index (κ3) is 2.31. The number of nitrogens with zero attached hydrogens (tertiary/aromatic N) is 1. The lowest BCUT2D eigenvalue weighted by molar-refractivity contribution is 0.0462. The van der Waals surface area contributed by atoms with Crippen molar-refractivity contribution in [3.63, 3.8) is 0 Å². The second kappa shape index (κ2) is 5.02. The lowest BCUT2D eigenvalue weighted by Crippen LogP contribution is -2.46. The summed E-state index contributed by atoms with van der Waals surface area (Å²) in [4.78, 5) is 14.8.